The third kappa shape index (κ3) is 5.03. The molecule has 48 heavy (non-hydrogen) atoms. The topological polar surface area (TPSA) is 50.7 Å². The molecule has 6 heteroatoms. The van der Waals surface area contributed by atoms with E-state index in [1.54, 1.807) is 22.7 Å². The number of rotatable bonds is 6. The van der Waals surface area contributed by atoms with E-state index in [0.717, 1.165) is 39.3 Å². The summed E-state index contributed by atoms with van der Waals surface area (Å²) in [5.41, 5.74) is 15.2. The highest BCUT2D eigenvalue weighted by atomic mass is 32.1. The molecule has 228 valence electrons. The van der Waals surface area contributed by atoms with Gasteiger partial charge in [0.05, 0.1) is 26.5 Å². The highest BCUT2D eigenvalue weighted by molar-refractivity contribution is 7.13. The molecule has 0 aliphatic carbocycles. The van der Waals surface area contributed by atoms with Gasteiger partial charge in [-0.1, -0.05) is 97.1 Å². The molecule has 0 unspecified atom stereocenters. The van der Waals surface area contributed by atoms with E-state index in [9.17, 15) is 0 Å². The standard InChI is InChI=1S/C42H28N4S2/c1-2-8-27(9-3-1)31-10-4-5-11-32(31)28-14-15-35-36(20-28)42(38-22-30(17-19-46-38)40-24-44-26-48-40)34-13-7-6-12-33(34)41(35)37-21-29(16-18-45-37)39-23-43-25-47-39/h1-18,20-26,46H,19H2. The van der Waals surface area contributed by atoms with Crippen LogP contribution in [0.2, 0.25) is 0 Å². The molecule has 5 aromatic carbocycles. The molecule has 1 aliphatic rings. The maximum atomic E-state index is 4.98. The molecule has 1 N–H and O–H groups in total. The third-order valence-electron chi connectivity index (χ3n) is 8.98. The number of pyridine rings is 1. The smallest absolute Gasteiger partial charge is 0.0797 e. The Kier molecular flexibility index (Phi) is 7.22. The Morgan fingerprint density at radius 1 is 0.562 bits per heavy atom. The lowest BCUT2D eigenvalue weighted by atomic mass is 9.85. The molecule has 4 heterocycles. The number of allylic oxidation sites excluding steroid dienone is 2. The van der Waals surface area contributed by atoms with Gasteiger partial charge in [0.1, 0.15) is 0 Å². The fourth-order valence-corrected chi connectivity index (χ4v) is 8.08. The van der Waals surface area contributed by atoms with Crippen molar-refractivity contribution in [2.45, 2.75) is 0 Å². The molecule has 9 rings (SSSR count). The number of hydrogen-bond acceptors (Lipinski definition) is 6. The van der Waals surface area contributed by atoms with E-state index in [1.807, 2.05) is 29.6 Å². The van der Waals surface area contributed by atoms with Crippen LogP contribution in [0.4, 0.5) is 0 Å². The maximum absolute atomic E-state index is 4.98. The zero-order valence-electron chi connectivity index (χ0n) is 25.8. The first-order valence-electron chi connectivity index (χ1n) is 15.9. The highest BCUT2D eigenvalue weighted by Crippen LogP contribution is 2.44. The third-order valence-corrected chi connectivity index (χ3v) is 10.6. The Balaban J connectivity index is 1.35. The normalized spacial score (nSPS) is 12.9. The van der Waals surface area contributed by atoms with Crippen molar-refractivity contribution in [1.82, 2.24) is 20.3 Å². The average Bonchev–Trinajstić information content (AvgIpc) is 3.90. The summed E-state index contributed by atoms with van der Waals surface area (Å²) >= 11 is 3.31. The average molecular weight is 653 g/mol. The quantitative estimate of drug-likeness (QED) is 0.182. The Bertz CT molecular complexity index is 2500. The van der Waals surface area contributed by atoms with Crippen LogP contribution in [0.5, 0.6) is 0 Å². The second kappa shape index (κ2) is 12.2. The van der Waals surface area contributed by atoms with Crippen LogP contribution >= 0.6 is 22.7 Å². The van der Waals surface area contributed by atoms with Crippen molar-refractivity contribution >= 4 is 55.5 Å². The molecular weight excluding hydrogens is 625 g/mol. The van der Waals surface area contributed by atoms with Crippen molar-refractivity contribution in [3.05, 3.63) is 161 Å². The molecule has 1 aliphatic heterocycles. The van der Waals surface area contributed by atoms with Gasteiger partial charge in [-0.3, -0.25) is 15.0 Å². The summed E-state index contributed by atoms with van der Waals surface area (Å²) in [4.78, 5) is 16.0. The monoisotopic (exact) mass is 652 g/mol. The number of dihydropyridines is 1. The summed E-state index contributed by atoms with van der Waals surface area (Å²) in [5.74, 6) is 0. The number of nitrogens with zero attached hydrogens (tertiary/aromatic N) is 3. The van der Waals surface area contributed by atoms with Gasteiger partial charge in [0.2, 0.25) is 0 Å². The molecule has 0 amide bonds. The predicted octanol–water partition coefficient (Wildman–Crippen LogP) is 11.0. The Morgan fingerprint density at radius 3 is 2.02 bits per heavy atom. The summed E-state index contributed by atoms with van der Waals surface area (Å²) in [6, 6.07) is 39.3. The summed E-state index contributed by atoms with van der Waals surface area (Å²) in [6.07, 6.45) is 10.3. The molecule has 8 aromatic rings. The number of fused-ring (bicyclic) bond motifs is 2. The minimum Gasteiger partial charge on any atom is -0.381 e. The molecule has 0 saturated heterocycles. The van der Waals surface area contributed by atoms with Crippen LogP contribution in [0.25, 0.3) is 76.8 Å². The summed E-state index contributed by atoms with van der Waals surface area (Å²) < 4.78 is 0. The first kappa shape index (κ1) is 28.5. The van der Waals surface area contributed by atoms with Gasteiger partial charge in [-0.15, -0.1) is 22.7 Å². The van der Waals surface area contributed by atoms with Gasteiger partial charge in [-0.25, -0.2) is 0 Å². The van der Waals surface area contributed by atoms with E-state index in [4.69, 9.17) is 4.98 Å². The van der Waals surface area contributed by atoms with Crippen molar-refractivity contribution in [2.24, 2.45) is 0 Å². The van der Waals surface area contributed by atoms with Gasteiger partial charge in [-0.2, -0.15) is 0 Å². The highest BCUT2D eigenvalue weighted by Gasteiger charge is 2.22. The van der Waals surface area contributed by atoms with Crippen LogP contribution in [0, 0.1) is 0 Å². The molecule has 0 fully saturated rings. The first-order chi connectivity index (χ1) is 23.8. The number of aromatic nitrogens is 3. The molecular formula is C42H28N4S2. The summed E-state index contributed by atoms with van der Waals surface area (Å²) in [5, 5.41) is 8.44. The lowest BCUT2D eigenvalue weighted by molar-refractivity contribution is 1.00. The predicted molar refractivity (Wildman–Crippen MR) is 203 cm³/mol. The fourth-order valence-electron chi connectivity index (χ4n) is 6.82. The van der Waals surface area contributed by atoms with Gasteiger partial charge in [0, 0.05) is 42.0 Å². The van der Waals surface area contributed by atoms with Gasteiger partial charge >= 0.3 is 0 Å². The summed E-state index contributed by atoms with van der Waals surface area (Å²) in [6.45, 7) is 0.742. The minimum atomic E-state index is 0.742. The zero-order chi connectivity index (χ0) is 31.9. The molecule has 0 radical (unpaired) electrons. The Labute approximate surface area is 286 Å². The molecule has 0 bridgehead atoms. The maximum Gasteiger partial charge on any atom is 0.0797 e. The fraction of sp³-hybridized carbons (Fsp3) is 0.0238. The van der Waals surface area contributed by atoms with E-state index in [1.165, 1.54) is 54.4 Å². The number of thiazole rings is 2. The van der Waals surface area contributed by atoms with E-state index in [-0.39, 0.29) is 0 Å². The van der Waals surface area contributed by atoms with E-state index in [0.29, 0.717) is 0 Å². The number of nitrogens with one attached hydrogen (secondary N) is 1. The van der Waals surface area contributed by atoms with Gasteiger partial charge in [-0.05, 0) is 79.2 Å². The first-order valence-corrected chi connectivity index (χ1v) is 17.6. The van der Waals surface area contributed by atoms with Gasteiger partial charge in [0.15, 0.2) is 0 Å². The van der Waals surface area contributed by atoms with Crippen molar-refractivity contribution in [2.75, 3.05) is 6.54 Å². The second-order valence-corrected chi connectivity index (χ2v) is 13.5. The molecule has 0 saturated carbocycles. The molecule has 0 spiro atoms. The van der Waals surface area contributed by atoms with Crippen LogP contribution in [0.15, 0.2) is 151 Å². The SMILES string of the molecule is C1=C(c2cncs2)C=C(c2c3ccccc3c(-c3cc(-c4cncs4)ccn3)c3ccc(-c4ccccc4-c4ccccc4)cc23)NC1. The van der Waals surface area contributed by atoms with Crippen LogP contribution in [0.1, 0.15) is 10.4 Å². The largest absolute Gasteiger partial charge is 0.381 e. The molecule has 3 aromatic heterocycles. The van der Waals surface area contributed by atoms with Crippen molar-refractivity contribution in [1.29, 1.82) is 0 Å². The van der Waals surface area contributed by atoms with E-state index >= 15 is 0 Å². The number of hydrogen-bond donors (Lipinski definition) is 1. The molecule has 4 nitrogen and oxygen atoms in total. The Morgan fingerprint density at radius 2 is 1.25 bits per heavy atom. The van der Waals surface area contributed by atoms with Gasteiger partial charge < -0.3 is 5.32 Å². The van der Waals surface area contributed by atoms with Gasteiger partial charge in [0.25, 0.3) is 0 Å². The van der Waals surface area contributed by atoms with Crippen molar-refractivity contribution in [3.8, 4) is 44.0 Å². The second-order valence-electron chi connectivity index (χ2n) is 11.7. The minimum absolute atomic E-state index is 0.742. The van der Waals surface area contributed by atoms with Crippen molar-refractivity contribution < 1.29 is 0 Å². The Hall–Kier alpha value is -5.69. The van der Waals surface area contributed by atoms with Crippen molar-refractivity contribution in [3.63, 3.8) is 0 Å². The lowest BCUT2D eigenvalue weighted by Gasteiger charge is -2.23. The van der Waals surface area contributed by atoms with E-state index < -0.39 is 0 Å². The van der Waals surface area contributed by atoms with Crippen LogP contribution in [-0.4, -0.2) is 21.5 Å². The van der Waals surface area contributed by atoms with Crippen LogP contribution in [0.3, 0.4) is 0 Å². The molecule has 0 atom stereocenters. The van der Waals surface area contributed by atoms with E-state index in [2.05, 4.69) is 137 Å². The van der Waals surface area contributed by atoms with Crippen LogP contribution < -0.4 is 5.32 Å². The number of benzene rings is 5. The van der Waals surface area contributed by atoms with Crippen LogP contribution in [-0.2, 0) is 0 Å². The zero-order valence-corrected chi connectivity index (χ0v) is 27.4. The summed E-state index contributed by atoms with van der Waals surface area (Å²) in [7, 11) is 0. The lowest BCUT2D eigenvalue weighted by Crippen LogP contribution is -2.16.